The average Bonchev–Trinajstić information content (AvgIpc) is 2.80. The van der Waals surface area contributed by atoms with Crippen molar-refractivity contribution in [1.29, 1.82) is 0 Å². The summed E-state index contributed by atoms with van der Waals surface area (Å²) in [7, 11) is 0. The molecule has 0 saturated carbocycles. The predicted octanol–water partition coefficient (Wildman–Crippen LogP) is 1.17. The van der Waals surface area contributed by atoms with Gasteiger partial charge in [0, 0.05) is 13.1 Å². The Bertz CT molecular complexity index is 420. The molecule has 96 valence electrons. The maximum Gasteiger partial charge on any atom is 0.199 e. The Morgan fingerprint density at radius 1 is 1.44 bits per heavy atom. The lowest BCUT2D eigenvalue weighted by atomic mass is 10.0. The summed E-state index contributed by atoms with van der Waals surface area (Å²) in [5.74, 6) is 0.845. The zero-order chi connectivity index (χ0) is 12.4. The average molecular weight is 246 g/mol. The Kier molecular flexibility index (Phi) is 3.30. The number of fused-ring (bicyclic) bond motifs is 1. The molecule has 2 atom stereocenters. The third kappa shape index (κ3) is 2.40. The molecular formula is C14H18N2O2. The third-order valence-corrected chi connectivity index (χ3v) is 3.44. The zero-order valence-corrected chi connectivity index (χ0v) is 10.4. The second-order valence-corrected chi connectivity index (χ2v) is 4.71. The molecule has 3 aliphatic rings. The summed E-state index contributed by atoms with van der Waals surface area (Å²) >= 11 is 0. The molecule has 1 saturated heterocycles. The van der Waals surface area contributed by atoms with Crippen molar-refractivity contribution in [1.82, 2.24) is 4.90 Å². The van der Waals surface area contributed by atoms with Crippen LogP contribution in [0, 0.1) is 0 Å². The van der Waals surface area contributed by atoms with Gasteiger partial charge in [-0.3, -0.25) is 4.90 Å². The number of nitrogens with zero attached hydrogens (tertiary/aromatic N) is 2. The fraction of sp³-hybridized carbons (Fsp3) is 0.500. The van der Waals surface area contributed by atoms with E-state index in [0.717, 1.165) is 44.3 Å². The SMILES string of the molecule is C=CC1=CC2N=C(CN3CCOCC3)OC2C=C1. The van der Waals surface area contributed by atoms with Gasteiger partial charge in [-0.1, -0.05) is 18.7 Å². The Morgan fingerprint density at radius 2 is 2.28 bits per heavy atom. The highest BCUT2D eigenvalue weighted by atomic mass is 16.5. The monoisotopic (exact) mass is 246 g/mol. The first-order chi connectivity index (χ1) is 8.85. The van der Waals surface area contributed by atoms with Gasteiger partial charge in [0.2, 0.25) is 0 Å². The van der Waals surface area contributed by atoms with Crippen LogP contribution in [0.25, 0.3) is 0 Å². The first kappa shape index (κ1) is 11.7. The second kappa shape index (κ2) is 5.08. The molecule has 4 nitrogen and oxygen atoms in total. The number of hydrogen-bond donors (Lipinski definition) is 0. The minimum absolute atomic E-state index is 0.0738. The highest BCUT2D eigenvalue weighted by Gasteiger charge is 2.30. The molecule has 0 radical (unpaired) electrons. The minimum atomic E-state index is 0.0738. The van der Waals surface area contributed by atoms with Gasteiger partial charge in [0.1, 0.15) is 12.1 Å². The number of aliphatic imine (C=N–C) groups is 1. The molecule has 0 spiro atoms. The quantitative estimate of drug-likeness (QED) is 0.749. The fourth-order valence-electron chi connectivity index (χ4n) is 2.41. The van der Waals surface area contributed by atoms with Gasteiger partial charge in [0.25, 0.3) is 0 Å². The second-order valence-electron chi connectivity index (χ2n) is 4.71. The largest absolute Gasteiger partial charge is 0.470 e. The standard InChI is InChI=1S/C14H18N2O2/c1-2-11-3-4-13-12(9-11)15-14(18-13)10-16-5-7-17-8-6-16/h2-4,9,12-13H,1,5-8,10H2. The summed E-state index contributed by atoms with van der Waals surface area (Å²) in [6.07, 6.45) is 8.15. The van der Waals surface area contributed by atoms with Crippen molar-refractivity contribution < 1.29 is 9.47 Å². The van der Waals surface area contributed by atoms with E-state index in [-0.39, 0.29) is 12.1 Å². The topological polar surface area (TPSA) is 34.1 Å². The van der Waals surface area contributed by atoms with Gasteiger partial charge >= 0.3 is 0 Å². The zero-order valence-electron chi connectivity index (χ0n) is 10.4. The molecule has 4 heteroatoms. The van der Waals surface area contributed by atoms with E-state index in [1.807, 2.05) is 12.2 Å². The maximum atomic E-state index is 5.86. The Hall–Kier alpha value is -1.39. The molecule has 18 heavy (non-hydrogen) atoms. The first-order valence-electron chi connectivity index (χ1n) is 6.41. The Balaban J connectivity index is 1.63. The molecule has 0 N–H and O–H groups in total. The van der Waals surface area contributed by atoms with Gasteiger partial charge in [-0.15, -0.1) is 0 Å². The normalized spacial score (nSPS) is 31.3. The van der Waals surface area contributed by atoms with Gasteiger partial charge in [-0.25, -0.2) is 4.99 Å². The summed E-state index contributed by atoms with van der Waals surface area (Å²) in [6, 6.07) is 0.124. The van der Waals surface area contributed by atoms with E-state index >= 15 is 0 Å². The van der Waals surface area contributed by atoms with Crippen molar-refractivity contribution in [3.63, 3.8) is 0 Å². The van der Waals surface area contributed by atoms with Crippen LogP contribution in [0.5, 0.6) is 0 Å². The summed E-state index contributed by atoms with van der Waals surface area (Å²) < 4.78 is 11.2. The molecule has 3 rings (SSSR count). The molecule has 1 aliphatic carbocycles. The van der Waals surface area contributed by atoms with E-state index in [4.69, 9.17) is 9.47 Å². The van der Waals surface area contributed by atoms with Crippen molar-refractivity contribution in [2.24, 2.45) is 4.99 Å². The Morgan fingerprint density at radius 3 is 3.06 bits per heavy atom. The van der Waals surface area contributed by atoms with Crippen molar-refractivity contribution in [3.8, 4) is 0 Å². The van der Waals surface area contributed by atoms with Crippen LogP contribution in [0.2, 0.25) is 0 Å². The molecule has 2 aliphatic heterocycles. The van der Waals surface area contributed by atoms with Crippen molar-refractivity contribution in [2.75, 3.05) is 32.8 Å². The van der Waals surface area contributed by atoms with Gasteiger partial charge in [0.05, 0.1) is 19.8 Å². The molecule has 2 unspecified atom stereocenters. The number of allylic oxidation sites excluding steroid dienone is 3. The highest BCUT2D eigenvalue weighted by Crippen LogP contribution is 2.23. The molecule has 0 aromatic rings. The van der Waals surface area contributed by atoms with Gasteiger partial charge < -0.3 is 9.47 Å². The number of rotatable bonds is 3. The lowest BCUT2D eigenvalue weighted by molar-refractivity contribution is 0.0427. The highest BCUT2D eigenvalue weighted by molar-refractivity contribution is 5.81. The smallest absolute Gasteiger partial charge is 0.199 e. The minimum Gasteiger partial charge on any atom is -0.470 e. The van der Waals surface area contributed by atoms with E-state index in [1.165, 1.54) is 0 Å². The number of hydrogen-bond acceptors (Lipinski definition) is 4. The molecule has 0 aromatic heterocycles. The number of morpholine rings is 1. The van der Waals surface area contributed by atoms with Crippen LogP contribution in [0.4, 0.5) is 0 Å². The summed E-state index contributed by atoms with van der Waals surface area (Å²) in [6.45, 7) is 8.10. The predicted molar refractivity (Wildman–Crippen MR) is 70.8 cm³/mol. The van der Waals surface area contributed by atoms with Crippen molar-refractivity contribution in [2.45, 2.75) is 12.1 Å². The summed E-state index contributed by atoms with van der Waals surface area (Å²) in [4.78, 5) is 6.96. The lowest BCUT2D eigenvalue weighted by Crippen LogP contribution is -2.39. The van der Waals surface area contributed by atoms with Gasteiger partial charge in [-0.05, 0) is 17.7 Å². The van der Waals surface area contributed by atoms with Crippen LogP contribution in [0.3, 0.4) is 0 Å². The van der Waals surface area contributed by atoms with Gasteiger partial charge in [-0.2, -0.15) is 0 Å². The van der Waals surface area contributed by atoms with Crippen LogP contribution in [-0.4, -0.2) is 55.8 Å². The van der Waals surface area contributed by atoms with E-state index in [2.05, 4.69) is 28.6 Å². The van der Waals surface area contributed by atoms with Crippen LogP contribution in [0.1, 0.15) is 0 Å². The van der Waals surface area contributed by atoms with E-state index < -0.39 is 0 Å². The van der Waals surface area contributed by atoms with Crippen LogP contribution in [-0.2, 0) is 9.47 Å². The summed E-state index contributed by atoms with van der Waals surface area (Å²) in [5, 5.41) is 0. The Labute approximate surface area is 107 Å². The van der Waals surface area contributed by atoms with E-state index in [1.54, 1.807) is 0 Å². The van der Waals surface area contributed by atoms with Gasteiger partial charge in [0.15, 0.2) is 5.90 Å². The third-order valence-electron chi connectivity index (χ3n) is 3.44. The van der Waals surface area contributed by atoms with Crippen molar-refractivity contribution in [3.05, 3.63) is 36.5 Å². The number of ether oxygens (including phenoxy) is 2. The van der Waals surface area contributed by atoms with Crippen LogP contribution in [0.15, 0.2) is 41.4 Å². The molecule has 0 amide bonds. The first-order valence-corrected chi connectivity index (χ1v) is 6.41. The molecule has 0 bridgehead atoms. The fourth-order valence-corrected chi connectivity index (χ4v) is 2.41. The molecule has 1 fully saturated rings. The molecular weight excluding hydrogens is 228 g/mol. The van der Waals surface area contributed by atoms with Crippen LogP contribution < -0.4 is 0 Å². The van der Waals surface area contributed by atoms with Crippen LogP contribution >= 0.6 is 0 Å². The molecule has 2 heterocycles. The summed E-state index contributed by atoms with van der Waals surface area (Å²) in [5.41, 5.74) is 1.12. The van der Waals surface area contributed by atoms with E-state index in [9.17, 15) is 0 Å². The maximum absolute atomic E-state index is 5.86. The lowest BCUT2D eigenvalue weighted by Gasteiger charge is -2.26. The van der Waals surface area contributed by atoms with Crippen molar-refractivity contribution >= 4 is 5.90 Å². The van der Waals surface area contributed by atoms with E-state index in [0.29, 0.717) is 0 Å². The molecule has 0 aromatic carbocycles.